The molecule has 0 N–H and O–H groups in total. The minimum absolute atomic E-state index is 0.0922. The van der Waals surface area contributed by atoms with E-state index in [9.17, 15) is 10.1 Å². The van der Waals surface area contributed by atoms with E-state index in [4.69, 9.17) is 0 Å². The third-order valence-electron chi connectivity index (χ3n) is 5.39. The molecule has 0 aliphatic heterocycles. The van der Waals surface area contributed by atoms with Gasteiger partial charge in [-0.25, -0.2) is 0 Å². The lowest BCUT2D eigenvalue weighted by Crippen LogP contribution is -2.00. The van der Waals surface area contributed by atoms with E-state index >= 15 is 0 Å². The zero-order valence-corrected chi connectivity index (χ0v) is 16.0. The number of azo groups is 1. The molecule has 1 aliphatic rings. The molecule has 0 heterocycles. The Labute approximate surface area is 173 Å². The highest BCUT2D eigenvalue weighted by Gasteiger charge is 2.37. The number of nitro groups is 1. The molecule has 5 nitrogen and oxygen atoms in total. The highest BCUT2D eigenvalue weighted by atomic mass is 16.6. The van der Waals surface area contributed by atoms with Crippen LogP contribution in [0.5, 0.6) is 0 Å². The van der Waals surface area contributed by atoms with Gasteiger partial charge in [0, 0.05) is 17.5 Å². The highest BCUT2D eigenvalue weighted by Crippen LogP contribution is 2.54. The summed E-state index contributed by atoms with van der Waals surface area (Å²) in [7, 11) is 0. The summed E-state index contributed by atoms with van der Waals surface area (Å²) in [4.78, 5) is 11.5. The van der Waals surface area contributed by atoms with Crippen molar-refractivity contribution in [1.29, 1.82) is 0 Å². The van der Waals surface area contributed by atoms with Gasteiger partial charge in [0.15, 0.2) is 0 Å². The van der Waals surface area contributed by atoms with Gasteiger partial charge < -0.3 is 0 Å². The summed E-state index contributed by atoms with van der Waals surface area (Å²) in [6.45, 7) is 0. The van der Waals surface area contributed by atoms with Crippen LogP contribution in [-0.2, 0) is 0 Å². The fraction of sp³-hybridized carbons (Fsp3) is 0.0400. The van der Waals surface area contributed by atoms with Crippen LogP contribution in [0.4, 0.5) is 17.1 Å². The molecular formula is C25H17N3O2. The molecule has 0 radical (unpaired) electrons. The summed E-state index contributed by atoms with van der Waals surface area (Å²) in [6.07, 6.45) is 0. The molecule has 0 aromatic heterocycles. The van der Waals surface area contributed by atoms with Gasteiger partial charge in [0.05, 0.1) is 21.9 Å². The van der Waals surface area contributed by atoms with Crippen molar-refractivity contribution in [3.8, 4) is 11.1 Å². The van der Waals surface area contributed by atoms with Gasteiger partial charge in [0.1, 0.15) is 0 Å². The molecule has 0 bridgehead atoms. The number of hydrogen-bond donors (Lipinski definition) is 0. The van der Waals surface area contributed by atoms with E-state index in [0.29, 0.717) is 11.3 Å². The monoisotopic (exact) mass is 391 g/mol. The predicted molar refractivity (Wildman–Crippen MR) is 117 cm³/mol. The Morgan fingerprint density at radius 2 is 1.40 bits per heavy atom. The standard InChI is InChI=1S/C25H17N3O2/c29-28(30)22-16-15-21(27-26-18-11-5-2-6-12-18)25-23(17-9-3-1-4-10-17)19-13-7-8-14-20(19)24(22)25/h1-16,23H. The smallest absolute Gasteiger partial charge is 0.258 e. The molecule has 0 saturated carbocycles. The van der Waals surface area contributed by atoms with Crippen LogP contribution >= 0.6 is 0 Å². The molecule has 5 rings (SSSR count). The van der Waals surface area contributed by atoms with Gasteiger partial charge in [-0.3, -0.25) is 10.1 Å². The van der Waals surface area contributed by atoms with Crippen molar-refractivity contribution in [3.63, 3.8) is 0 Å². The maximum atomic E-state index is 11.9. The molecule has 0 fully saturated rings. The van der Waals surface area contributed by atoms with Crippen molar-refractivity contribution in [2.75, 3.05) is 0 Å². The number of fused-ring (bicyclic) bond motifs is 3. The Hall–Kier alpha value is -4.12. The molecule has 1 unspecified atom stereocenters. The summed E-state index contributed by atoms with van der Waals surface area (Å²) in [5.74, 6) is -0.137. The maximum absolute atomic E-state index is 11.9. The topological polar surface area (TPSA) is 67.9 Å². The van der Waals surface area contributed by atoms with E-state index in [1.54, 1.807) is 6.07 Å². The number of rotatable bonds is 4. The fourth-order valence-corrected chi connectivity index (χ4v) is 4.14. The zero-order valence-electron chi connectivity index (χ0n) is 16.0. The number of benzene rings is 4. The normalized spacial score (nSPS) is 14.5. The molecule has 4 aromatic rings. The SMILES string of the molecule is O=[N+]([O-])c1ccc(N=Nc2ccccc2)c2c1-c1ccccc1C2c1ccccc1. The van der Waals surface area contributed by atoms with Gasteiger partial charge in [-0.05, 0) is 34.9 Å². The van der Waals surface area contributed by atoms with Crippen LogP contribution < -0.4 is 0 Å². The second-order valence-corrected chi connectivity index (χ2v) is 7.12. The van der Waals surface area contributed by atoms with Gasteiger partial charge in [-0.1, -0.05) is 72.8 Å². The van der Waals surface area contributed by atoms with Crippen molar-refractivity contribution >= 4 is 17.1 Å². The molecular weight excluding hydrogens is 374 g/mol. The van der Waals surface area contributed by atoms with Crippen LogP contribution in [-0.4, -0.2) is 4.92 Å². The van der Waals surface area contributed by atoms with Crippen molar-refractivity contribution in [3.05, 3.63) is 124 Å². The second kappa shape index (κ2) is 7.37. The van der Waals surface area contributed by atoms with E-state index < -0.39 is 0 Å². The van der Waals surface area contributed by atoms with Crippen LogP contribution in [0.3, 0.4) is 0 Å². The van der Waals surface area contributed by atoms with Crippen LogP contribution in [0, 0.1) is 10.1 Å². The molecule has 0 saturated heterocycles. The molecule has 30 heavy (non-hydrogen) atoms. The van der Waals surface area contributed by atoms with Crippen molar-refractivity contribution < 1.29 is 4.92 Å². The summed E-state index contributed by atoms with van der Waals surface area (Å²) in [5, 5.41) is 20.7. The van der Waals surface area contributed by atoms with Crippen LogP contribution in [0.15, 0.2) is 107 Å². The number of nitro benzene ring substituents is 1. The first kappa shape index (κ1) is 17.9. The van der Waals surface area contributed by atoms with Gasteiger partial charge in [-0.15, -0.1) is 0 Å². The Balaban J connectivity index is 1.77. The second-order valence-electron chi connectivity index (χ2n) is 7.12. The van der Waals surface area contributed by atoms with E-state index in [-0.39, 0.29) is 16.5 Å². The summed E-state index contributed by atoms with van der Waals surface area (Å²) >= 11 is 0. The van der Waals surface area contributed by atoms with Gasteiger partial charge in [-0.2, -0.15) is 10.2 Å². The van der Waals surface area contributed by atoms with Crippen molar-refractivity contribution in [1.82, 2.24) is 0 Å². The first-order chi connectivity index (χ1) is 14.7. The van der Waals surface area contributed by atoms with Gasteiger partial charge >= 0.3 is 0 Å². The maximum Gasteiger partial charge on any atom is 0.277 e. The quantitative estimate of drug-likeness (QED) is 0.185. The molecule has 0 amide bonds. The van der Waals surface area contributed by atoms with Crippen LogP contribution in [0.2, 0.25) is 0 Å². The van der Waals surface area contributed by atoms with Gasteiger partial charge in [0.2, 0.25) is 0 Å². The lowest BCUT2D eigenvalue weighted by molar-refractivity contribution is -0.384. The lowest BCUT2D eigenvalue weighted by atomic mass is 9.88. The molecule has 4 aromatic carbocycles. The first-order valence-corrected chi connectivity index (χ1v) is 9.66. The minimum Gasteiger partial charge on any atom is -0.258 e. The third-order valence-corrected chi connectivity index (χ3v) is 5.39. The molecule has 0 spiro atoms. The predicted octanol–water partition coefficient (Wildman–Crippen LogP) is 7.17. The van der Waals surface area contributed by atoms with Crippen molar-refractivity contribution in [2.24, 2.45) is 10.2 Å². The van der Waals surface area contributed by atoms with E-state index in [1.165, 1.54) is 6.07 Å². The highest BCUT2D eigenvalue weighted by molar-refractivity contribution is 5.90. The summed E-state index contributed by atoms with van der Waals surface area (Å²) in [6, 6.07) is 30.6. The summed E-state index contributed by atoms with van der Waals surface area (Å²) in [5.41, 5.74) is 5.93. The summed E-state index contributed by atoms with van der Waals surface area (Å²) < 4.78 is 0. The number of nitrogens with zero attached hydrogens (tertiary/aromatic N) is 3. The zero-order chi connectivity index (χ0) is 20.5. The average molecular weight is 391 g/mol. The van der Waals surface area contributed by atoms with Crippen molar-refractivity contribution in [2.45, 2.75) is 5.92 Å². The van der Waals surface area contributed by atoms with Gasteiger partial charge in [0.25, 0.3) is 5.69 Å². The van der Waals surface area contributed by atoms with E-state index in [2.05, 4.69) is 10.2 Å². The molecule has 1 aliphatic carbocycles. The molecule has 5 heteroatoms. The van der Waals surface area contributed by atoms with Crippen LogP contribution in [0.1, 0.15) is 22.6 Å². The first-order valence-electron chi connectivity index (χ1n) is 9.66. The Kier molecular flexibility index (Phi) is 4.41. The Morgan fingerprint density at radius 1 is 0.733 bits per heavy atom. The lowest BCUT2D eigenvalue weighted by Gasteiger charge is -2.15. The minimum atomic E-state index is -0.318. The Bertz CT molecular complexity index is 1270. The molecule has 1 atom stereocenters. The molecule has 144 valence electrons. The Morgan fingerprint density at radius 3 is 2.13 bits per heavy atom. The fourth-order valence-electron chi connectivity index (χ4n) is 4.14. The third kappa shape index (κ3) is 2.97. The van der Waals surface area contributed by atoms with E-state index in [1.807, 2.05) is 84.9 Å². The number of hydrogen-bond acceptors (Lipinski definition) is 4. The largest absolute Gasteiger partial charge is 0.277 e. The average Bonchev–Trinajstić information content (AvgIpc) is 3.14. The van der Waals surface area contributed by atoms with Crippen LogP contribution in [0.25, 0.3) is 11.1 Å². The van der Waals surface area contributed by atoms with E-state index in [0.717, 1.165) is 27.9 Å².